The Kier molecular flexibility index (Phi) is 5.47. The summed E-state index contributed by atoms with van der Waals surface area (Å²) in [6, 6.07) is 0. The molecule has 0 aliphatic heterocycles. The number of hydrogen-bond acceptors (Lipinski definition) is 4. The Labute approximate surface area is 114 Å². The van der Waals surface area contributed by atoms with E-state index < -0.39 is 11.7 Å². The molecule has 0 radical (unpaired) electrons. The van der Waals surface area contributed by atoms with Gasteiger partial charge in [0.15, 0.2) is 5.78 Å². The number of allylic oxidation sites excluding steroid dienone is 2. The van der Waals surface area contributed by atoms with Crippen LogP contribution in [-0.4, -0.2) is 27.9 Å². The van der Waals surface area contributed by atoms with Crippen LogP contribution in [-0.2, 0) is 9.68 Å². The largest absolute Gasteiger partial charge is 0.389 e. The van der Waals surface area contributed by atoms with Crippen molar-refractivity contribution in [2.45, 2.75) is 58.2 Å². The standard InChI is InChI=1S/C15H24O4/c1-10(2)14(19-18)7-8-15(4,17)12-6-5-11(3)9-13(12)16/h9,12,14,17-18H,1,5-8H2,2-4H3/t12-,14+,15-/m1/s1. The predicted molar refractivity (Wildman–Crippen MR) is 73.7 cm³/mol. The van der Waals surface area contributed by atoms with Gasteiger partial charge in [-0.2, -0.15) is 0 Å². The number of hydrogen-bond donors (Lipinski definition) is 2. The van der Waals surface area contributed by atoms with Gasteiger partial charge in [-0.1, -0.05) is 12.2 Å². The molecule has 2 N–H and O–H groups in total. The van der Waals surface area contributed by atoms with Gasteiger partial charge in [0.1, 0.15) is 6.10 Å². The van der Waals surface area contributed by atoms with E-state index in [4.69, 9.17) is 5.26 Å². The molecule has 4 heteroatoms. The Morgan fingerprint density at radius 2 is 2.32 bits per heavy atom. The first-order valence-electron chi connectivity index (χ1n) is 6.67. The topological polar surface area (TPSA) is 66.8 Å². The molecule has 0 unspecified atom stereocenters. The fourth-order valence-electron chi connectivity index (χ4n) is 2.53. The first kappa shape index (κ1) is 16.1. The summed E-state index contributed by atoms with van der Waals surface area (Å²) >= 11 is 0. The summed E-state index contributed by atoms with van der Waals surface area (Å²) in [6.45, 7) is 9.09. The van der Waals surface area contributed by atoms with E-state index in [1.54, 1.807) is 19.9 Å². The summed E-state index contributed by atoms with van der Waals surface area (Å²) in [4.78, 5) is 16.3. The minimum absolute atomic E-state index is 0.00876. The van der Waals surface area contributed by atoms with E-state index in [9.17, 15) is 9.90 Å². The maximum atomic E-state index is 12.0. The van der Waals surface area contributed by atoms with E-state index in [0.29, 0.717) is 24.8 Å². The van der Waals surface area contributed by atoms with Crippen LogP contribution in [0.3, 0.4) is 0 Å². The van der Waals surface area contributed by atoms with E-state index in [1.807, 2.05) is 6.92 Å². The summed E-state index contributed by atoms with van der Waals surface area (Å²) in [5, 5.41) is 19.3. The lowest BCUT2D eigenvalue weighted by Gasteiger charge is -2.34. The van der Waals surface area contributed by atoms with Gasteiger partial charge in [-0.3, -0.25) is 10.1 Å². The summed E-state index contributed by atoms with van der Waals surface area (Å²) < 4.78 is 0. The van der Waals surface area contributed by atoms with Crippen LogP contribution in [0.5, 0.6) is 0 Å². The number of carbonyl (C=O) groups excluding carboxylic acids is 1. The van der Waals surface area contributed by atoms with Crippen LogP contribution in [0.2, 0.25) is 0 Å². The van der Waals surface area contributed by atoms with Crippen molar-refractivity contribution < 1.29 is 20.0 Å². The second-order valence-corrected chi connectivity index (χ2v) is 5.82. The molecular weight excluding hydrogens is 244 g/mol. The Balaban J connectivity index is 2.66. The van der Waals surface area contributed by atoms with Gasteiger partial charge in [0.05, 0.1) is 11.5 Å². The molecule has 0 aromatic rings. The molecule has 0 fully saturated rings. The van der Waals surface area contributed by atoms with E-state index >= 15 is 0 Å². The van der Waals surface area contributed by atoms with Crippen LogP contribution in [0.1, 0.15) is 46.5 Å². The molecule has 0 spiro atoms. The smallest absolute Gasteiger partial charge is 0.161 e. The SMILES string of the molecule is C=C(C)[C@H](CC[C@@](C)(O)[C@@H]1CCC(C)=CC1=O)OO. The molecule has 19 heavy (non-hydrogen) atoms. The van der Waals surface area contributed by atoms with Gasteiger partial charge in [-0.25, -0.2) is 4.89 Å². The van der Waals surface area contributed by atoms with Crippen molar-refractivity contribution in [1.29, 1.82) is 0 Å². The summed E-state index contributed by atoms with van der Waals surface area (Å²) in [6.07, 6.45) is 3.46. The van der Waals surface area contributed by atoms with Gasteiger partial charge >= 0.3 is 0 Å². The molecule has 1 aliphatic carbocycles. The third-order valence-electron chi connectivity index (χ3n) is 3.90. The molecular formula is C15H24O4. The molecule has 1 aliphatic rings. The Bertz CT molecular complexity index is 382. The third kappa shape index (κ3) is 4.27. The van der Waals surface area contributed by atoms with Gasteiger partial charge in [-0.15, -0.1) is 0 Å². The van der Waals surface area contributed by atoms with Crippen LogP contribution in [0, 0.1) is 5.92 Å². The molecule has 0 saturated heterocycles. The molecule has 0 saturated carbocycles. The van der Waals surface area contributed by atoms with Crippen molar-refractivity contribution in [3.63, 3.8) is 0 Å². The van der Waals surface area contributed by atoms with E-state index in [1.165, 1.54) is 0 Å². The monoisotopic (exact) mass is 268 g/mol. The minimum atomic E-state index is -1.08. The van der Waals surface area contributed by atoms with Crippen LogP contribution in [0.4, 0.5) is 0 Å². The van der Waals surface area contributed by atoms with Gasteiger partial charge in [0, 0.05) is 0 Å². The molecule has 0 aromatic heterocycles. The second-order valence-electron chi connectivity index (χ2n) is 5.82. The van der Waals surface area contributed by atoms with Gasteiger partial charge < -0.3 is 5.11 Å². The normalized spacial score (nSPS) is 24.6. The Morgan fingerprint density at radius 3 is 2.79 bits per heavy atom. The molecule has 0 bridgehead atoms. The van der Waals surface area contributed by atoms with Crippen molar-refractivity contribution in [2.24, 2.45) is 5.92 Å². The zero-order valence-corrected chi connectivity index (χ0v) is 12.0. The van der Waals surface area contributed by atoms with E-state index in [0.717, 1.165) is 12.0 Å². The van der Waals surface area contributed by atoms with E-state index in [-0.39, 0.29) is 11.7 Å². The average molecular weight is 268 g/mol. The Hall–Kier alpha value is -0.970. The number of aliphatic hydroxyl groups is 1. The maximum Gasteiger partial charge on any atom is 0.161 e. The van der Waals surface area contributed by atoms with E-state index in [2.05, 4.69) is 11.5 Å². The lowest BCUT2D eigenvalue weighted by atomic mass is 9.75. The number of rotatable bonds is 6. The number of carbonyl (C=O) groups is 1. The molecule has 0 aromatic carbocycles. The van der Waals surface area contributed by atoms with Crippen LogP contribution >= 0.6 is 0 Å². The summed E-state index contributed by atoms with van der Waals surface area (Å²) in [5.41, 5.74) is 0.681. The maximum absolute atomic E-state index is 12.0. The first-order chi connectivity index (χ1) is 8.77. The van der Waals surface area contributed by atoms with Crippen molar-refractivity contribution in [1.82, 2.24) is 0 Å². The fourth-order valence-corrected chi connectivity index (χ4v) is 2.53. The molecule has 0 amide bonds. The lowest BCUT2D eigenvalue weighted by molar-refractivity contribution is -0.271. The molecule has 108 valence electrons. The zero-order valence-electron chi connectivity index (χ0n) is 12.0. The van der Waals surface area contributed by atoms with Gasteiger partial charge in [0.2, 0.25) is 0 Å². The zero-order chi connectivity index (χ0) is 14.6. The van der Waals surface area contributed by atoms with Crippen molar-refractivity contribution in [3.8, 4) is 0 Å². The van der Waals surface area contributed by atoms with Gasteiger partial charge in [-0.05, 0) is 58.1 Å². The highest BCUT2D eigenvalue weighted by molar-refractivity contribution is 5.94. The van der Waals surface area contributed by atoms with Crippen molar-refractivity contribution in [2.75, 3.05) is 0 Å². The minimum Gasteiger partial charge on any atom is -0.389 e. The van der Waals surface area contributed by atoms with Crippen LogP contribution in [0.15, 0.2) is 23.8 Å². The Morgan fingerprint density at radius 1 is 1.68 bits per heavy atom. The predicted octanol–water partition coefficient (Wildman–Crippen LogP) is 2.88. The molecule has 0 heterocycles. The average Bonchev–Trinajstić information content (AvgIpc) is 2.28. The molecule has 3 atom stereocenters. The molecule has 4 nitrogen and oxygen atoms in total. The van der Waals surface area contributed by atoms with Crippen molar-refractivity contribution in [3.05, 3.63) is 23.8 Å². The lowest BCUT2D eigenvalue weighted by Crippen LogP contribution is -2.41. The first-order valence-corrected chi connectivity index (χ1v) is 6.67. The highest BCUT2D eigenvalue weighted by Gasteiger charge is 2.37. The van der Waals surface area contributed by atoms with Crippen LogP contribution in [0.25, 0.3) is 0 Å². The summed E-state index contributed by atoms with van der Waals surface area (Å²) in [5.74, 6) is -0.383. The number of ketones is 1. The highest BCUT2D eigenvalue weighted by atomic mass is 17.1. The molecule has 1 rings (SSSR count). The third-order valence-corrected chi connectivity index (χ3v) is 3.90. The second kappa shape index (κ2) is 6.46. The fraction of sp³-hybridized carbons (Fsp3) is 0.667. The van der Waals surface area contributed by atoms with Crippen LogP contribution < -0.4 is 0 Å². The summed E-state index contributed by atoms with van der Waals surface area (Å²) in [7, 11) is 0. The highest BCUT2D eigenvalue weighted by Crippen LogP contribution is 2.33. The van der Waals surface area contributed by atoms with Crippen molar-refractivity contribution >= 4 is 5.78 Å². The quantitative estimate of drug-likeness (QED) is 0.441. The van der Waals surface area contributed by atoms with Gasteiger partial charge in [0.25, 0.3) is 0 Å².